The summed E-state index contributed by atoms with van der Waals surface area (Å²) in [7, 11) is 2.04. The van der Waals surface area contributed by atoms with Crippen molar-refractivity contribution in [2.45, 2.75) is 58.3 Å². The third-order valence-electron chi connectivity index (χ3n) is 3.93. The fourth-order valence-corrected chi connectivity index (χ4v) is 2.97. The van der Waals surface area contributed by atoms with E-state index < -0.39 is 0 Å². The van der Waals surface area contributed by atoms with Gasteiger partial charge in [-0.15, -0.1) is 0 Å². The number of hydrogen-bond donors (Lipinski definition) is 1. The first-order valence-electron chi connectivity index (χ1n) is 8.16. The van der Waals surface area contributed by atoms with Crippen LogP contribution in [0, 0.1) is 5.92 Å². The smallest absolute Gasteiger partial charge is 0.0438 e. The molecule has 2 heteroatoms. The molecule has 20 heavy (non-hydrogen) atoms. The highest BCUT2D eigenvalue weighted by molar-refractivity contribution is 6.31. The Hall–Kier alpha value is -0.530. The summed E-state index contributed by atoms with van der Waals surface area (Å²) in [5, 5.41) is 4.24. The zero-order valence-electron chi connectivity index (χ0n) is 13.1. The van der Waals surface area contributed by atoms with Crippen LogP contribution in [0.3, 0.4) is 0 Å². The van der Waals surface area contributed by atoms with Crippen molar-refractivity contribution in [1.29, 1.82) is 0 Å². The van der Waals surface area contributed by atoms with E-state index in [1.165, 1.54) is 50.5 Å². The lowest BCUT2D eigenvalue weighted by molar-refractivity contribution is 0.432. The maximum Gasteiger partial charge on any atom is 0.0438 e. The number of rotatable bonds is 11. The Morgan fingerprint density at radius 1 is 1.05 bits per heavy atom. The predicted molar refractivity (Wildman–Crippen MR) is 90.6 cm³/mol. The van der Waals surface area contributed by atoms with E-state index in [2.05, 4.69) is 24.4 Å². The average molecular weight is 296 g/mol. The Balaban J connectivity index is 2.31. The third kappa shape index (κ3) is 7.31. The summed E-state index contributed by atoms with van der Waals surface area (Å²) in [5.74, 6) is 0.700. The van der Waals surface area contributed by atoms with E-state index in [0.29, 0.717) is 5.92 Å². The lowest BCUT2D eigenvalue weighted by atomic mass is 9.93. The van der Waals surface area contributed by atoms with E-state index in [0.717, 1.165) is 18.0 Å². The zero-order chi connectivity index (χ0) is 14.6. The first kappa shape index (κ1) is 17.5. The topological polar surface area (TPSA) is 12.0 Å². The van der Waals surface area contributed by atoms with Crippen molar-refractivity contribution >= 4 is 11.6 Å². The zero-order valence-corrected chi connectivity index (χ0v) is 13.9. The van der Waals surface area contributed by atoms with Crippen LogP contribution >= 0.6 is 11.6 Å². The molecule has 0 amide bonds. The highest BCUT2D eigenvalue weighted by Crippen LogP contribution is 2.22. The average Bonchev–Trinajstić information content (AvgIpc) is 2.45. The van der Waals surface area contributed by atoms with E-state index >= 15 is 0 Å². The molecule has 114 valence electrons. The van der Waals surface area contributed by atoms with Gasteiger partial charge < -0.3 is 5.32 Å². The maximum atomic E-state index is 6.27. The molecule has 0 bridgehead atoms. The quantitative estimate of drug-likeness (QED) is 0.534. The van der Waals surface area contributed by atoms with Gasteiger partial charge in [-0.25, -0.2) is 0 Å². The molecule has 0 saturated carbocycles. The molecule has 0 aliphatic rings. The molecule has 1 aromatic rings. The fraction of sp³-hybridized carbons (Fsp3) is 0.667. The van der Waals surface area contributed by atoms with Gasteiger partial charge in [0, 0.05) is 5.02 Å². The number of halogens is 1. The number of nitrogens with one attached hydrogen (secondary N) is 1. The summed E-state index contributed by atoms with van der Waals surface area (Å²) in [5.41, 5.74) is 1.29. The standard InChI is InChI=1S/C18H30ClN/c1-3-4-5-6-7-8-11-16(15-20-2)14-17-12-9-10-13-18(17)19/h9-10,12-13,16,20H,3-8,11,14-15H2,1-2H3. The minimum Gasteiger partial charge on any atom is -0.319 e. The van der Waals surface area contributed by atoms with E-state index in [9.17, 15) is 0 Å². The van der Waals surface area contributed by atoms with Gasteiger partial charge in [0.2, 0.25) is 0 Å². The van der Waals surface area contributed by atoms with Gasteiger partial charge in [0.15, 0.2) is 0 Å². The van der Waals surface area contributed by atoms with Crippen LogP contribution in [0.5, 0.6) is 0 Å². The molecule has 1 atom stereocenters. The molecule has 0 spiro atoms. The molecular weight excluding hydrogens is 266 g/mol. The molecule has 1 unspecified atom stereocenters. The lowest BCUT2D eigenvalue weighted by Gasteiger charge is -2.17. The van der Waals surface area contributed by atoms with Crippen LogP contribution < -0.4 is 5.32 Å². The van der Waals surface area contributed by atoms with E-state index in [4.69, 9.17) is 11.6 Å². The second-order valence-corrected chi connectivity index (χ2v) is 6.18. The molecule has 1 aromatic carbocycles. The largest absolute Gasteiger partial charge is 0.319 e. The molecule has 0 fully saturated rings. The molecule has 0 aliphatic heterocycles. The van der Waals surface area contributed by atoms with Crippen LogP contribution in [0.15, 0.2) is 24.3 Å². The SMILES string of the molecule is CCCCCCCCC(CNC)Cc1ccccc1Cl. The molecule has 1 nitrogen and oxygen atoms in total. The van der Waals surface area contributed by atoms with Crippen molar-refractivity contribution in [2.75, 3.05) is 13.6 Å². The van der Waals surface area contributed by atoms with Gasteiger partial charge in [0.05, 0.1) is 0 Å². The molecule has 0 aliphatic carbocycles. The number of hydrogen-bond acceptors (Lipinski definition) is 1. The molecule has 0 aromatic heterocycles. The van der Waals surface area contributed by atoms with Crippen LogP contribution in [-0.4, -0.2) is 13.6 Å². The van der Waals surface area contributed by atoms with E-state index in [-0.39, 0.29) is 0 Å². The molecule has 1 rings (SSSR count). The monoisotopic (exact) mass is 295 g/mol. The predicted octanol–water partition coefficient (Wildman–Crippen LogP) is 5.47. The minimum absolute atomic E-state index is 0.700. The second-order valence-electron chi connectivity index (χ2n) is 5.78. The second kappa shape index (κ2) is 11.2. The van der Waals surface area contributed by atoms with Crippen LogP contribution in [0.2, 0.25) is 5.02 Å². The van der Waals surface area contributed by atoms with Crippen molar-refractivity contribution in [3.8, 4) is 0 Å². The summed E-state index contributed by atoms with van der Waals surface area (Å²) in [6.45, 7) is 3.35. The molecule has 1 N–H and O–H groups in total. The van der Waals surface area contributed by atoms with E-state index in [1.54, 1.807) is 0 Å². The fourth-order valence-electron chi connectivity index (χ4n) is 2.75. The van der Waals surface area contributed by atoms with Crippen LogP contribution in [-0.2, 0) is 6.42 Å². The summed E-state index contributed by atoms with van der Waals surface area (Å²) >= 11 is 6.27. The van der Waals surface area contributed by atoms with Gasteiger partial charge in [-0.1, -0.05) is 75.2 Å². The van der Waals surface area contributed by atoms with Gasteiger partial charge in [-0.2, -0.15) is 0 Å². The summed E-state index contributed by atoms with van der Waals surface area (Å²) in [6.07, 6.45) is 10.6. The summed E-state index contributed by atoms with van der Waals surface area (Å²) in [4.78, 5) is 0. The Labute approximate surface area is 130 Å². The molecule has 0 heterocycles. The van der Waals surface area contributed by atoms with Gasteiger partial charge in [0.25, 0.3) is 0 Å². The Kier molecular flexibility index (Phi) is 9.78. The third-order valence-corrected chi connectivity index (χ3v) is 4.29. The van der Waals surface area contributed by atoms with Crippen LogP contribution in [0.1, 0.15) is 57.4 Å². The van der Waals surface area contributed by atoms with Gasteiger partial charge >= 0.3 is 0 Å². The highest BCUT2D eigenvalue weighted by atomic mass is 35.5. The Morgan fingerprint density at radius 3 is 2.45 bits per heavy atom. The van der Waals surface area contributed by atoms with Crippen molar-refractivity contribution in [2.24, 2.45) is 5.92 Å². The Bertz CT molecular complexity index is 351. The molecule has 0 saturated heterocycles. The minimum atomic E-state index is 0.700. The molecule has 0 radical (unpaired) electrons. The highest BCUT2D eigenvalue weighted by Gasteiger charge is 2.10. The normalized spacial score (nSPS) is 12.6. The molecular formula is C18H30ClN. The van der Waals surface area contributed by atoms with Gasteiger partial charge in [-0.05, 0) is 44.0 Å². The van der Waals surface area contributed by atoms with Gasteiger partial charge in [0.1, 0.15) is 0 Å². The van der Waals surface area contributed by atoms with Crippen molar-refractivity contribution < 1.29 is 0 Å². The van der Waals surface area contributed by atoms with Crippen molar-refractivity contribution in [3.63, 3.8) is 0 Å². The summed E-state index contributed by atoms with van der Waals surface area (Å²) in [6, 6.07) is 8.25. The summed E-state index contributed by atoms with van der Waals surface area (Å²) < 4.78 is 0. The van der Waals surface area contributed by atoms with Crippen LogP contribution in [0.25, 0.3) is 0 Å². The Morgan fingerprint density at radius 2 is 1.75 bits per heavy atom. The number of unbranched alkanes of at least 4 members (excludes halogenated alkanes) is 5. The van der Waals surface area contributed by atoms with E-state index in [1.807, 2.05) is 19.2 Å². The van der Waals surface area contributed by atoms with Crippen molar-refractivity contribution in [3.05, 3.63) is 34.9 Å². The van der Waals surface area contributed by atoms with Crippen molar-refractivity contribution in [1.82, 2.24) is 5.32 Å². The van der Waals surface area contributed by atoms with Crippen LogP contribution in [0.4, 0.5) is 0 Å². The van der Waals surface area contributed by atoms with Gasteiger partial charge in [-0.3, -0.25) is 0 Å². The lowest BCUT2D eigenvalue weighted by Crippen LogP contribution is -2.21. The first-order valence-corrected chi connectivity index (χ1v) is 8.53. The maximum absolute atomic E-state index is 6.27. The number of benzene rings is 1. The first-order chi connectivity index (χ1) is 9.77.